The van der Waals surface area contributed by atoms with Crippen molar-refractivity contribution in [3.63, 3.8) is 0 Å². The minimum Gasteiger partial charge on any atom is -0.322 e. The first-order valence-electron chi connectivity index (χ1n) is 8.55. The summed E-state index contributed by atoms with van der Waals surface area (Å²) in [6.45, 7) is 5.51. The Labute approximate surface area is 155 Å². The van der Waals surface area contributed by atoms with E-state index in [0.29, 0.717) is 12.2 Å². The van der Waals surface area contributed by atoms with Crippen LogP contribution in [0.5, 0.6) is 0 Å². The maximum atomic E-state index is 13.2. The molecule has 1 aliphatic rings. The van der Waals surface area contributed by atoms with E-state index in [1.807, 2.05) is 0 Å². The first kappa shape index (κ1) is 18.0. The summed E-state index contributed by atoms with van der Waals surface area (Å²) in [4.78, 5) is 15.0. The zero-order valence-corrected chi connectivity index (χ0v) is 15.6. The van der Waals surface area contributed by atoms with Crippen molar-refractivity contribution >= 4 is 27.5 Å². The highest BCUT2D eigenvalue weighted by Gasteiger charge is 2.24. The summed E-state index contributed by atoms with van der Waals surface area (Å²) < 4.78 is 14.3. The molecule has 0 aliphatic carbocycles. The number of carbonyl (C=O) groups excluding carboxylic acids is 1. The van der Waals surface area contributed by atoms with Crippen molar-refractivity contribution < 1.29 is 19.0 Å². The van der Waals surface area contributed by atoms with Crippen LogP contribution in [0.25, 0.3) is 0 Å². The van der Waals surface area contributed by atoms with Crippen LogP contribution in [-0.4, -0.2) is 38.6 Å². The molecule has 0 bridgehead atoms. The molecule has 0 saturated carbocycles. The van der Waals surface area contributed by atoms with Crippen LogP contribution in [0.15, 0.2) is 53.0 Å². The first-order chi connectivity index (χ1) is 12.1. The average Bonchev–Trinajstić information content (AvgIpc) is 2.59. The zero-order valence-electron chi connectivity index (χ0n) is 14.0. The van der Waals surface area contributed by atoms with Crippen molar-refractivity contribution in [3.8, 4) is 0 Å². The van der Waals surface area contributed by atoms with E-state index in [-0.39, 0.29) is 11.7 Å². The molecule has 2 aromatic rings. The van der Waals surface area contributed by atoms with Crippen LogP contribution in [-0.2, 0) is 11.3 Å². The summed E-state index contributed by atoms with van der Waals surface area (Å²) in [5.74, 6) is -0.396. The minimum absolute atomic E-state index is 0.0584. The molecule has 25 heavy (non-hydrogen) atoms. The summed E-state index contributed by atoms with van der Waals surface area (Å²) in [5.41, 5.74) is 1.86. The quantitative estimate of drug-likeness (QED) is 0.663. The Morgan fingerprint density at radius 3 is 2.40 bits per heavy atom. The van der Waals surface area contributed by atoms with Crippen LogP contribution in [0.4, 0.5) is 10.1 Å². The third-order valence-electron chi connectivity index (χ3n) is 4.55. The summed E-state index contributed by atoms with van der Waals surface area (Å²) in [6, 6.07) is 14.5. The van der Waals surface area contributed by atoms with E-state index in [2.05, 4.69) is 45.5 Å². The molecule has 0 spiro atoms. The standard InChI is InChI=1S/C19H21BrFN3O/c20-16-6-4-15(5-7-16)13-23-8-10-24(11-9-23)14-19(25)22-18-3-1-2-17(21)12-18/h1-7,12H,8-11,13-14H2,(H,22,25)/p+2. The van der Waals surface area contributed by atoms with E-state index < -0.39 is 0 Å². The number of amides is 1. The van der Waals surface area contributed by atoms with Crippen LogP contribution < -0.4 is 15.1 Å². The Bertz CT molecular complexity index is 715. The van der Waals surface area contributed by atoms with Gasteiger partial charge in [0.1, 0.15) is 38.5 Å². The lowest BCUT2D eigenvalue weighted by atomic mass is 10.2. The van der Waals surface area contributed by atoms with Crippen molar-refractivity contribution in [2.75, 3.05) is 38.0 Å². The molecule has 6 heteroatoms. The second kappa shape index (κ2) is 8.56. The van der Waals surface area contributed by atoms with Crippen LogP contribution in [0, 0.1) is 5.82 Å². The van der Waals surface area contributed by atoms with Crippen LogP contribution in [0.2, 0.25) is 0 Å². The monoisotopic (exact) mass is 407 g/mol. The van der Waals surface area contributed by atoms with Gasteiger partial charge < -0.3 is 15.1 Å². The first-order valence-corrected chi connectivity index (χ1v) is 9.35. The predicted molar refractivity (Wildman–Crippen MR) is 99.1 cm³/mol. The van der Waals surface area contributed by atoms with Gasteiger partial charge in [-0.1, -0.05) is 34.1 Å². The van der Waals surface area contributed by atoms with Crippen LogP contribution in [0.3, 0.4) is 0 Å². The van der Waals surface area contributed by atoms with Gasteiger partial charge in [0.05, 0.1) is 0 Å². The normalized spacial score (nSPS) is 20.2. The molecule has 0 unspecified atom stereocenters. The fourth-order valence-corrected chi connectivity index (χ4v) is 3.46. The van der Waals surface area contributed by atoms with E-state index in [4.69, 9.17) is 0 Å². The Kier molecular flexibility index (Phi) is 6.18. The Balaban J connectivity index is 1.42. The van der Waals surface area contributed by atoms with Gasteiger partial charge in [0.15, 0.2) is 6.54 Å². The van der Waals surface area contributed by atoms with Gasteiger partial charge in [-0.05, 0) is 30.3 Å². The molecule has 2 aromatic carbocycles. The van der Waals surface area contributed by atoms with E-state index in [0.717, 1.165) is 37.2 Å². The number of benzene rings is 2. The highest BCUT2D eigenvalue weighted by molar-refractivity contribution is 9.10. The lowest BCUT2D eigenvalue weighted by Gasteiger charge is -2.29. The number of carbonyl (C=O) groups is 1. The third kappa shape index (κ3) is 5.63. The maximum Gasteiger partial charge on any atom is 0.279 e. The van der Waals surface area contributed by atoms with Crippen LogP contribution >= 0.6 is 15.9 Å². The molecular formula is C19H23BrFN3O+2. The van der Waals surface area contributed by atoms with Crippen molar-refractivity contribution in [2.45, 2.75) is 6.54 Å². The van der Waals surface area contributed by atoms with Crippen molar-refractivity contribution in [3.05, 3.63) is 64.4 Å². The summed E-state index contributed by atoms with van der Waals surface area (Å²) in [7, 11) is 0. The number of piperazine rings is 1. The van der Waals surface area contributed by atoms with E-state index >= 15 is 0 Å². The molecule has 0 aromatic heterocycles. The van der Waals surface area contributed by atoms with Gasteiger partial charge in [-0.3, -0.25) is 4.79 Å². The molecule has 3 rings (SSSR count). The Morgan fingerprint density at radius 2 is 1.72 bits per heavy atom. The topological polar surface area (TPSA) is 38.0 Å². The van der Waals surface area contributed by atoms with Gasteiger partial charge in [0.2, 0.25) is 0 Å². The average molecular weight is 408 g/mol. The van der Waals surface area contributed by atoms with Crippen molar-refractivity contribution in [2.24, 2.45) is 0 Å². The van der Waals surface area contributed by atoms with Crippen LogP contribution in [0.1, 0.15) is 5.56 Å². The fourth-order valence-electron chi connectivity index (χ4n) is 3.20. The van der Waals surface area contributed by atoms with Gasteiger partial charge in [0, 0.05) is 15.7 Å². The molecule has 0 radical (unpaired) electrons. The van der Waals surface area contributed by atoms with Crippen molar-refractivity contribution in [1.29, 1.82) is 0 Å². The Hall–Kier alpha value is -1.76. The molecular weight excluding hydrogens is 385 g/mol. The SMILES string of the molecule is O=C(C[NH+]1CC[NH+](Cc2ccc(Br)cc2)CC1)Nc1cccc(F)c1. The van der Waals surface area contributed by atoms with Crippen molar-refractivity contribution in [1.82, 2.24) is 0 Å². The van der Waals surface area contributed by atoms with Gasteiger partial charge in [-0.25, -0.2) is 4.39 Å². The highest BCUT2D eigenvalue weighted by Crippen LogP contribution is 2.10. The number of rotatable bonds is 5. The second-order valence-electron chi connectivity index (χ2n) is 6.54. The molecule has 1 amide bonds. The second-order valence-corrected chi connectivity index (χ2v) is 7.45. The number of anilines is 1. The summed E-state index contributed by atoms with van der Waals surface area (Å²) in [5, 5.41) is 2.78. The number of hydrogen-bond donors (Lipinski definition) is 3. The molecule has 132 valence electrons. The van der Waals surface area contributed by atoms with E-state index in [1.165, 1.54) is 22.6 Å². The number of hydrogen-bond acceptors (Lipinski definition) is 1. The fraction of sp³-hybridized carbons (Fsp3) is 0.316. The van der Waals surface area contributed by atoms with E-state index in [9.17, 15) is 9.18 Å². The summed E-state index contributed by atoms with van der Waals surface area (Å²) >= 11 is 3.46. The predicted octanol–water partition coefficient (Wildman–Crippen LogP) is 0.510. The van der Waals surface area contributed by atoms with Gasteiger partial charge in [-0.2, -0.15) is 0 Å². The molecule has 1 fully saturated rings. The van der Waals surface area contributed by atoms with Gasteiger partial charge in [0.25, 0.3) is 5.91 Å². The molecule has 1 aliphatic heterocycles. The lowest BCUT2D eigenvalue weighted by Crippen LogP contribution is -3.28. The third-order valence-corrected chi connectivity index (χ3v) is 5.08. The molecule has 4 nitrogen and oxygen atoms in total. The summed E-state index contributed by atoms with van der Waals surface area (Å²) in [6.07, 6.45) is 0. The lowest BCUT2D eigenvalue weighted by molar-refractivity contribution is -1.02. The van der Waals surface area contributed by atoms with E-state index in [1.54, 1.807) is 17.0 Å². The number of quaternary nitrogens is 2. The van der Waals surface area contributed by atoms with Gasteiger partial charge in [-0.15, -0.1) is 0 Å². The van der Waals surface area contributed by atoms with Gasteiger partial charge >= 0.3 is 0 Å². The highest BCUT2D eigenvalue weighted by atomic mass is 79.9. The molecule has 1 heterocycles. The minimum atomic E-state index is -0.338. The number of halogens is 2. The molecule has 0 atom stereocenters. The molecule has 1 saturated heterocycles. The number of nitrogens with one attached hydrogen (secondary N) is 3. The zero-order chi connectivity index (χ0) is 17.6. The smallest absolute Gasteiger partial charge is 0.279 e. The Morgan fingerprint density at radius 1 is 1.04 bits per heavy atom. The molecule has 3 N–H and O–H groups in total. The maximum absolute atomic E-state index is 13.2. The largest absolute Gasteiger partial charge is 0.322 e.